The number of aliphatic hydroxyl groups excluding tert-OH is 1. The summed E-state index contributed by atoms with van der Waals surface area (Å²) in [6.07, 6.45) is -0.146. The second kappa shape index (κ2) is 5.71. The Labute approximate surface area is 71.5 Å². The lowest BCUT2D eigenvalue weighted by molar-refractivity contribution is -0.146. The van der Waals surface area contributed by atoms with Gasteiger partial charge >= 0.3 is 5.97 Å². The Balaban J connectivity index is 3.63. The van der Waals surface area contributed by atoms with Crippen LogP contribution in [-0.2, 0) is 14.3 Å². The predicted molar refractivity (Wildman–Crippen MR) is 42.6 cm³/mol. The molecule has 1 atom stereocenters. The van der Waals surface area contributed by atoms with E-state index in [4.69, 9.17) is 5.11 Å². The van der Waals surface area contributed by atoms with Gasteiger partial charge in [-0.05, 0) is 6.42 Å². The zero-order chi connectivity index (χ0) is 9.56. The fourth-order valence-electron chi connectivity index (χ4n) is 0.702. The van der Waals surface area contributed by atoms with Crippen LogP contribution in [0.2, 0.25) is 0 Å². The van der Waals surface area contributed by atoms with Gasteiger partial charge in [-0.25, -0.2) is 0 Å². The lowest BCUT2D eigenvalue weighted by atomic mass is 10.1. The van der Waals surface area contributed by atoms with E-state index in [9.17, 15) is 9.59 Å². The molecule has 70 valence electrons. The Morgan fingerprint density at radius 3 is 2.50 bits per heavy atom. The summed E-state index contributed by atoms with van der Waals surface area (Å²) in [6, 6.07) is 0. The van der Waals surface area contributed by atoms with Crippen LogP contribution in [0.3, 0.4) is 0 Å². The number of rotatable bonds is 5. The molecule has 0 radical (unpaired) electrons. The molecule has 0 saturated heterocycles. The summed E-state index contributed by atoms with van der Waals surface area (Å²) in [5.74, 6) is -0.767. The number of hydrogen-bond donors (Lipinski definition) is 1. The van der Waals surface area contributed by atoms with E-state index in [1.807, 2.05) is 6.92 Å². The van der Waals surface area contributed by atoms with Crippen molar-refractivity contribution in [1.82, 2.24) is 0 Å². The molecule has 0 aliphatic carbocycles. The Hall–Kier alpha value is -0.900. The molecule has 4 heteroatoms. The third-order valence-corrected chi connectivity index (χ3v) is 1.31. The summed E-state index contributed by atoms with van der Waals surface area (Å²) < 4.78 is 4.46. The van der Waals surface area contributed by atoms with E-state index in [1.165, 1.54) is 6.92 Å². The number of carbonyl (C=O) groups is 2. The van der Waals surface area contributed by atoms with Gasteiger partial charge in [-0.3, -0.25) is 9.59 Å². The number of carbonyl (C=O) groups excluding carboxylic acids is 2. The Kier molecular flexibility index (Phi) is 5.28. The highest BCUT2D eigenvalue weighted by Gasteiger charge is 2.14. The van der Waals surface area contributed by atoms with E-state index in [0.29, 0.717) is 12.8 Å². The zero-order valence-electron chi connectivity index (χ0n) is 7.37. The Morgan fingerprint density at radius 1 is 1.50 bits per heavy atom. The van der Waals surface area contributed by atoms with Gasteiger partial charge in [0.15, 0.2) is 5.78 Å². The van der Waals surface area contributed by atoms with Gasteiger partial charge in [0.2, 0.25) is 0 Å². The average Bonchev–Trinajstić information content (AvgIpc) is 2.00. The molecule has 0 aliphatic rings. The quantitative estimate of drug-likeness (QED) is 0.608. The molecule has 0 aromatic heterocycles. The predicted octanol–water partition coefficient (Wildman–Crippen LogP) is 0.280. The second-order valence-electron chi connectivity index (χ2n) is 2.53. The van der Waals surface area contributed by atoms with Crippen molar-refractivity contribution in [3.63, 3.8) is 0 Å². The summed E-state index contributed by atoms with van der Waals surface area (Å²) in [5, 5.41) is 9.07. The molecule has 0 saturated carbocycles. The maximum absolute atomic E-state index is 10.9. The van der Waals surface area contributed by atoms with Crippen LogP contribution in [0.4, 0.5) is 0 Å². The smallest absolute Gasteiger partial charge is 0.302 e. The number of ether oxygens (including phenoxy) is 1. The molecule has 12 heavy (non-hydrogen) atoms. The SMILES string of the molecule is CCCC(=O)C(O)COC(C)=O. The van der Waals surface area contributed by atoms with Crippen molar-refractivity contribution < 1.29 is 19.4 Å². The van der Waals surface area contributed by atoms with Gasteiger partial charge in [0.05, 0.1) is 0 Å². The lowest BCUT2D eigenvalue weighted by Crippen LogP contribution is -2.26. The van der Waals surface area contributed by atoms with Crippen molar-refractivity contribution in [2.24, 2.45) is 0 Å². The Morgan fingerprint density at radius 2 is 2.08 bits per heavy atom. The van der Waals surface area contributed by atoms with Crippen LogP contribution in [0.15, 0.2) is 0 Å². The van der Waals surface area contributed by atoms with Gasteiger partial charge in [0, 0.05) is 13.3 Å². The zero-order valence-corrected chi connectivity index (χ0v) is 7.37. The van der Waals surface area contributed by atoms with Crippen LogP contribution in [0.1, 0.15) is 26.7 Å². The maximum atomic E-state index is 10.9. The molecule has 1 unspecified atom stereocenters. The summed E-state index contributed by atoms with van der Waals surface area (Å²) in [6.45, 7) is 2.85. The third-order valence-electron chi connectivity index (χ3n) is 1.31. The summed E-state index contributed by atoms with van der Waals surface area (Å²) in [5.41, 5.74) is 0. The summed E-state index contributed by atoms with van der Waals surface area (Å²) >= 11 is 0. The average molecular weight is 174 g/mol. The van der Waals surface area contributed by atoms with E-state index in [0.717, 1.165) is 0 Å². The molecule has 0 bridgehead atoms. The van der Waals surface area contributed by atoms with Gasteiger partial charge in [-0.1, -0.05) is 6.92 Å². The highest BCUT2D eigenvalue weighted by Crippen LogP contribution is 1.96. The first-order valence-corrected chi connectivity index (χ1v) is 3.92. The molecule has 1 N–H and O–H groups in total. The highest BCUT2D eigenvalue weighted by atomic mass is 16.5. The number of Topliss-reactive ketones (excluding diaryl/α,β-unsaturated/α-hetero) is 1. The minimum Gasteiger partial charge on any atom is -0.463 e. The fraction of sp³-hybridized carbons (Fsp3) is 0.750. The first kappa shape index (κ1) is 11.1. The molecular weight excluding hydrogens is 160 g/mol. The molecule has 0 rings (SSSR count). The maximum Gasteiger partial charge on any atom is 0.302 e. The van der Waals surface area contributed by atoms with E-state index < -0.39 is 12.1 Å². The molecule has 4 nitrogen and oxygen atoms in total. The highest BCUT2D eigenvalue weighted by molar-refractivity contribution is 5.83. The molecule has 0 aromatic rings. The molecule has 0 amide bonds. The van der Waals surface area contributed by atoms with Crippen LogP contribution in [0, 0.1) is 0 Å². The van der Waals surface area contributed by atoms with Crippen molar-refractivity contribution in [1.29, 1.82) is 0 Å². The molecule has 0 fully saturated rings. The molecule has 0 aromatic carbocycles. The number of ketones is 1. The van der Waals surface area contributed by atoms with Crippen LogP contribution < -0.4 is 0 Å². The normalized spacial score (nSPS) is 12.2. The first-order chi connectivity index (χ1) is 5.57. The van der Waals surface area contributed by atoms with Crippen LogP contribution in [-0.4, -0.2) is 29.6 Å². The van der Waals surface area contributed by atoms with Crippen LogP contribution >= 0.6 is 0 Å². The van der Waals surface area contributed by atoms with E-state index in [2.05, 4.69) is 4.74 Å². The largest absolute Gasteiger partial charge is 0.463 e. The number of esters is 1. The number of aliphatic hydroxyl groups is 1. The second-order valence-corrected chi connectivity index (χ2v) is 2.53. The molecule has 0 spiro atoms. The van der Waals surface area contributed by atoms with Crippen molar-refractivity contribution in [2.45, 2.75) is 32.8 Å². The van der Waals surface area contributed by atoms with Gasteiger partial charge in [0.1, 0.15) is 12.7 Å². The summed E-state index contributed by atoms with van der Waals surface area (Å²) in [7, 11) is 0. The lowest BCUT2D eigenvalue weighted by Gasteiger charge is -2.07. The number of hydrogen-bond acceptors (Lipinski definition) is 4. The summed E-state index contributed by atoms with van der Waals surface area (Å²) in [4.78, 5) is 21.2. The van der Waals surface area contributed by atoms with Gasteiger partial charge in [0.25, 0.3) is 0 Å². The third kappa shape index (κ3) is 4.85. The van der Waals surface area contributed by atoms with Crippen molar-refractivity contribution in [3.05, 3.63) is 0 Å². The van der Waals surface area contributed by atoms with E-state index in [-0.39, 0.29) is 12.4 Å². The topological polar surface area (TPSA) is 63.6 Å². The van der Waals surface area contributed by atoms with Gasteiger partial charge in [-0.15, -0.1) is 0 Å². The first-order valence-electron chi connectivity index (χ1n) is 3.92. The van der Waals surface area contributed by atoms with Crippen LogP contribution in [0.25, 0.3) is 0 Å². The standard InChI is InChI=1S/C8H14O4/c1-3-4-7(10)8(11)5-12-6(2)9/h8,11H,3-5H2,1-2H3. The molecule has 0 aliphatic heterocycles. The molecule has 0 heterocycles. The van der Waals surface area contributed by atoms with Crippen molar-refractivity contribution in [3.8, 4) is 0 Å². The van der Waals surface area contributed by atoms with Crippen molar-refractivity contribution >= 4 is 11.8 Å². The van der Waals surface area contributed by atoms with E-state index >= 15 is 0 Å². The van der Waals surface area contributed by atoms with Gasteiger partial charge in [-0.2, -0.15) is 0 Å². The van der Waals surface area contributed by atoms with Crippen LogP contribution in [0.5, 0.6) is 0 Å². The minimum atomic E-state index is -1.16. The fourth-order valence-corrected chi connectivity index (χ4v) is 0.702. The Bertz CT molecular complexity index is 164. The van der Waals surface area contributed by atoms with Gasteiger partial charge < -0.3 is 9.84 Å². The van der Waals surface area contributed by atoms with Crippen molar-refractivity contribution in [2.75, 3.05) is 6.61 Å². The molecular formula is C8H14O4. The minimum absolute atomic E-state index is 0.228. The monoisotopic (exact) mass is 174 g/mol. The van der Waals surface area contributed by atoms with E-state index in [1.54, 1.807) is 0 Å².